The van der Waals surface area contributed by atoms with Crippen LogP contribution >= 0.6 is 0 Å². The number of hydrogen-bond acceptors (Lipinski definition) is 1. The van der Waals surface area contributed by atoms with E-state index < -0.39 is 5.97 Å². The highest BCUT2D eigenvalue weighted by Crippen LogP contribution is 2.01. The predicted molar refractivity (Wildman–Crippen MR) is 73.0 cm³/mol. The SMILES string of the molecule is C=CCCC/C=C/CC/C=C\CCCC(=O)O. The molecule has 0 aromatic heterocycles. The highest BCUT2D eigenvalue weighted by Gasteiger charge is 1.92. The third kappa shape index (κ3) is 14.7. The van der Waals surface area contributed by atoms with E-state index in [0.29, 0.717) is 0 Å². The molecule has 0 unspecified atom stereocenters. The monoisotopic (exact) mass is 236 g/mol. The quantitative estimate of drug-likeness (QED) is 0.424. The van der Waals surface area contributed by atoms with Crippen molar-refractivity contribution in [1.82, 2.24) is 0 Å². The van der Waals surface area contributed by atoms with Gasteiger partial charge in [-0.05, 0) is 44.9 Å². The van der Waals surface area contributed by atoms with Crippen LogP contribution in [0.2, 0.25) is 0 Å². The van der Waals surface area contributed by atoms with Crippen molar-refractivity contribution in [2.24, 2.45) is 0 Å². The molecular formula is C15H24O2. The van der Waals surface area contributed by atoms with Crippen LogP contribution in [0.15, 0.2) is 37.0 Å². The maximum Gasteiger partial charge on any atom is 0.303 e. The molecular weight excluding hydrogens is 212 g/mol. The van der Waals surface area contributed by atoms with Gasteiger partial charge in [0.05, 0.1) is 0 Å². The lowest BCUT2D eigenvalue weighted by Crippen LogP contribution is -1.92. The summed E-state index contributed by atoms with van der Waals surface area (Å²) in [4.78, 5) is 10.2. The number of rotatable bonds is 11. The first kappa shape index (κ1) is 15.7. The van der Waals surface area contributed by atoms with Crippen LogP contribution in [0, 0.1) is 0 Å². The van der Waals surface area contributed by atoms with Gasteiger partial charge in [0.25, 0.3) is 0 Å². The molecule has 0 aromatic carbocycles. The van der Waals surface area contributed by atoms with E-state index in [4.69, 9.17) is 5.11 Å². The molecule has 0 fully saturated rings. The zero-order valence-corrected chi connectivity index (χ0v) is 10.6. The fourth-order valence-electron chi connectivity index (χ4n) is 1.42. The van der Waals surface area contributed by atoms with Crippen LogP contribution in [0.5, 0.6) is 0 Å². The van der Waals surface area contributed by atoms with Gasteiger partial charge in [-0.1, -0.05) is 30.4 Å². The highest BCUT2D eigenvalue weighted by molar-refractivity contribution is 5.66. The lowest BCUT2D eigenvalue weighted by atomic mass is 10.2. The Bertz CT molecular complexity index is 252. The fraction of sp³-hybridized carbons (Fsp3) is 0.533. The molecule has 2 nitrogen and oxygen atoms in total. The molecule has 0 heterocycles. The number of carboxylic acids is 1. The van der Waals surface area contributed by atoms with Crippen molar-refractivity contribution in [2.75, 3.05) is 0 Å². The van der Waals surface area contributed by atoms with Crippen molar-refractivity contribution in [3.63, 3.8) is 0 Å². The largest absolute Gasteiger partial charge is 0.481 e. The summed E-state index contributed by atoms with van der Waals surface area (Å²) in [6.07, 6.45) is 18.0. The first-order valence-electron chi connectivity index (χ1n) is 6.40. The Morgan fingerprint density at radius 2 is 1.41 bits per heavy atom. The van der Waals surface area contributed by atoms with Crippen molar-refractivity contribution >= 4 is 5.97 Å². The molecule has 0 aliphatic rings. The Kier molecular flexibility index (Phi) is 11.8. The second kappa shape index (κ2) is 12.8. The van der Waals surface area contributed by atoms with Gasteiger partial charge in [0.1, 0.15) is 0 Å². The molecule has 2 heteroatoms. The van der Waals surface area contributed by atoms with E-state index in [0.717, 1.165) is 38.5 Å². The predicted octanol–water partition coefficient (Wildman–Crippen LogP) is 4.49. The van der Waals surface area contributed by atoms with E-state index in [9.17, 15) is 4.79 Å². The molecule has 0 amide bonds. The average molecular weight is 236 g/mol. The van der Waals surface area contributed by atoms with Crippen molar-refractivity contribution < 1.29 is 9.90 Å². The molecule has 0 aromatic rings. The zero-order chi connectivity index (χ0) is 12.8. The van der Waals surface area contributed by atoms with Gasteiger partial charge in [0.2, 0.25) is 0 Å². The third-order valence-corrected chi connectivity index (χ3v) is 2.37. The molecule has 0 aliphatic heterocycles. The fourth-order valence-corrected chi connectivity index (χ4v) is 1.42. The minimum atomic E-state index is -0.708. The maximum atomic E-state index is 10.2. The van der Waals surface area contributed by atoms with E-state index in [1.807, 2.05) is 6.08 Å². The van der Waals surface area contributed by atoms with Crippen molar-refractivity contribution in [1.29, 1.82) is 0 Å². The smallest absolute Gasteiger partial charge is 0.303 e. The number of aliphatic carboxylic acids is 1. The van der Waals surface area contributed by atoms with Gasteiger partial charge in [-0.25, -0.2) is 0 Å². The van der Waals surface area contributed by atoms with Crippen LogP contribution in [0.4, 0.5) is 0 Å². The minimum Gasteiger partial charge on any atom is -0.481 e. The first-order chi connectivity index (χ1) is 8.27. The van der Waals surface area contributed by atoms with Gasteiger partial charge in [-0.15, -0.1) is 6.58 Å². The standard InChI is InChI=1S/C15H24O2/c1-2-3-4-5-6-7-8-9-10-11-12-13-14-15(16)17/h2,6-7,10-11H,1,3-5,8-9,12-14H2,(H,16,17)/b7-6+,11-10-. The Hall–Kier alpha value is -1.31. The summed E-state index contributed by atoms with van der Waals surface area (Å²) in [6.45, 7) is 3.68. The van der Waals surface area contributed by atoms with Crippen LogP contribution in [-0.4, -0.2) is 11.1 Å². The number of allylic oxidation sites excluding steroid dienone is 5. The summed E-state index contributed by atoms with van der Waals surface area (Å²) < 4.78 is 0. The van der Waals surface area contributed by atoms with Crippen molar-refractivity contribution in [3.8, 4) is 0 Å². The number of hydrogen-bond donors (Lipinski definition) is 1. The lowest BCUT2D eigenvalue weighted by molar-refractivity contribution is -0.137. The Morgan fingerprint density at radius 1 is 0.882 bits per heavy atom. The Morgan fingerprint density at radius 3 is 1.94 bits per heavy atom. The number of carbonyl (C=O) groups is 1. The topological polar surface area (TPSA) is 37.3 Å². The second-order valence-electron chi connectivity index (χ2n) is 4.03. The van der Waals surface area contributed by atoms with Crippen LogP contribution < -0.4 is 0 Å². The van der Waals surface area contributed by atoms with Gasteiger partial charge in [0.15, 0.2) is 0 Å². The molecule has 0 spiro atoms. The molecule has 0 saturated heterocycles. The number of carboxylic acid groups (broad SMARTS) is 1. The van der Waals surface area contributed by atoms with Gasteiger partial charge in [-0.2, -0.15) is 0 Å². The third-order valence-electron chi connectivity index (χ3n) is 2.37. The molecule has 0 atom stereocenters. The Labute approximate surface area is 105 Å². The molecule has 1 N–H and O–H groups in total. The van der Waals surface area contributed by atoms with Crippen LogP contribution in [0.1, 0.15) is 51.4 Å². The summed E-state index contributed by atoms with van der Waals surface area (Å²) in [7, 11) is 0. The number of unbranched alkanes of at least 4 members (excludes halogenated alkanes) is 4. The van der Waals surface area contributed by atoms with E-state index in [2.05, 4.69) is 30.9 Å². The minimum absolute atomic E-state index is 0.271. The Balaban J connectivity index is 3.23. The van der Waals surface area contributed by atoms with E-state index in [1.165, 1.54) is 6.42 Å². The van der Waals surface area contributed by atoms with Crippen LogP contribution in [-0.2, 0) is 4.79 Å². The van der Waals surface area contributed by atoms with E-state index in [-0.39, 0.29) is 6.42 Å². The lowest BCUT2D eigenvalue weighted by Gasteiger charge is -1.91. The molecule has 0 radical (unpaired) electrons. The van der Waals surface area contributed by atoms with E-state index in [1.54, 1.807) is 0 Å². The summed E-state index contributed by atoms with van der Waals surface area (Å²) in [5.74, 6) is -0.708. The van der Waals surface area contributed by atoms with Gasteiger partial charge < -0.3 is 5.11 Å². The van der Waals surface area contributed by atoms with Crippen LogP contribution in [0.25, 0.3) is 0 Å². The van der Waals surface area contributed by atoms with Gasteiger partial charge in [0, 0.05) is 6.42 Å². The van der Waals surface area contributed by atoms with Crippen molar-refractivity contribution in [3.05, 3.63) is 37.0 Å². The summed E-state index contributed by atoms with van der Waals surface area (Å²) in [5, 5.41) is 8.44. The zero-order valence-electron chi connectivity index (χ0n) is 10.6. The summed E-state index contributed by atoms with van der Waals surface area (Å²) in [6, 6.07) is 0. The summed E-state index contributed by atoms with van der Waals surface area (Å²) >= 11 is 0. The summed E-state index contributed by atoms with van der Waals surface area (Å²) in [5.41, 5.74) is 0. The molecule has 0 bridgehead atoms. The normalized spacial score (nSPS) is 11.3. The molecule has 0 saturated carbocycles. The van der Waals surface area contributed by atoms with E-state index >= 15 is 0 Å². The molecule has 96 valence electrons. The molecule has 0 aliphatic carbocycles. The molecule has 0 rings (SSSR count). The average Bonchev–Trinajstić information content (AvgIpc) is 2.30. The first-order valence-corrected chi connectivity index (χ1v) is 6.40. The van der Waals surface area contributed by atoms with Gasteiger partial charge >= 0.3 is 5.97 Å². The van der Waals surface area contributed by atoms with Crippen LogP contribution in [0.3, 0.4) is 0 Å². The second-order valence-corrected chi connectivity index (χ2v) is 4.03. The maximum absolute atomic E-state index is 10.2. The van der Waals surface area contributed by atoms with Gasteiger partial charge in [-0.3, -0.25) is 4.79 Å². The molecule has 17 heavy (non-hydrogen) atoms. The van der Waals surface area contributed by atoms with Crippen molar-refractivity contribution in [2.45, 2.75) is 51.4 Å². The highest BCUT2D eigenvalue weighted by atomic mass is 16.4.